The van der Waals surface area contributed by atoms with E-state index in [4.69, 9.17) is 13.7 Å². The third-order valence-electron chi connectivity index (χ3n) is 6.14. The number of fused-ring (bicyclic) bond motifs is 1. The first-order valence-electron chi connectivity index (χ1n) is 12.2. The molecule has 0 aliphatic rings. The number of ether oxygens (including phenoxy) is 2. The maximum Gasteiger partial charge on any atom is 0.339 e. The molecule has 0 saturated heterocycles. The third-order valence-corrected chi connectivity index (χ3v) is 7.39. The molecule has 10 heteroatoms. The maximum absolute atomic E-state index is 13.1. The molecule has 202 valence electrons. The smallest absolute Gasteiger partial charge is 0.339 e. The number of methoxy groups -OCH3 is 2. The molecule has 0 amide bonds. The standard InChI is InChI=1S/C30H25N3O6S/c1-20-17-26-27(19-28(20)37-2)32-33(31-26)24-16-15-22(12-9-21-10-13-23(14-11-21)30(34)38-3)29(18-24)39-40(35,36)25-7-5-4-6-8-25/h4-19H,1-3H3/b12-9+. The molecule has 1 aromatic heterocycles. The molecule has 0 fully saturated rings. The molecule has 0 atom stereocenters. The fourth-order valence-electron chi connectivity index (χ4n) is 4.03. The molecule has 0 unspecified atom stereocenters. The number of carbonyl (C=O) groups excluding carboxylic acids is 1. The van der Waals surface area contributed by atoms with Crippen molar-refractivity contribution in [2.45, 2.75) is 11.8 Å². The molecular weight excluding hydrogens is 530 g/mol. The van der Waals surface area contributed by atoms with Gasteiger partial charge in [0.1, 0.15) is 21.7 Å². The van der Waals surface area contributed by atoms with Crippen LogP contribution in [0.2, 0.25) is 0 Å². The number of hydrogen-bond acceptors (Lipinski definition) is 8. The molecule has 0 radical (unpaired) electrons. The van der Waals surface area contributed by atoms with Gasteiger partial charge in [0.2, 0.25) is 0 Å². The highest BCUT2D eigenvalue weighted by Gasteiger charge is 2.19. The summed E-state index contributed by atoms with van der Waals surface area (Å²) in [5.41, 5.74) is 4.44. The van der Waals surface area contributed by atoms with Crippen molar-refractivity contribution < 1.29 is 26.9 Å². The van der Waals surface area contributed by atoms with Gasteiger partial charge in [0, 0.05) is 17.7 Å². The average Bonchev–Trinajstić information content (AvgIpc) is 3.39. The minimum Gasteiger partial charge on any atom is -0.496 e. The summed E-state index contributed by atoms with van der Waals surface area (Å²) in [6.45, 7) is 1.92. The van der Waals surface area contributed by atoms with Crippen molar-refractivity contribution in [2.75, 3.05) is 14.2 Å². The highest BCUT2D eigenvalue weighted by Crippen LogP contribution is 2.29. The molecule has 0 aliphatic carbocycles. The SMILES string of the molecule is COC(=O)c1ccc(/C=C/c2ccc(-n3nc4cc(C)c(OC)cc4n3)cc2OS(=O)(=O)c2ccccc2)cc1. The number of rotatable bonds is 8. The zero-order chi connectivity index (χ0) is 28.3. The van der Waals surface area contributed by atoms with Crippen molar-refractivity contribution >= 4 is 39.3 Å². The molecule has 0 N–H and O–H groups in total. The highest BCUT2D eigenvalue weighted by molar-refractivity contribution is 7.87. The zero-order valence-corrected chi connectivity index (χ0v) is 22.8. The van der Waals surface area contributed by atoms with E-state index in [1.165, 1.54) is 24.0 Å². The van der Waals surface area contributed by atoms with Gasteiger partial charge in [-0.2, -0.15) is 13.2 Å². The summed E-state index contributed by atoms with van der Waals surface area (Å²) in [5, 5.41) is 9.10. The Bertz CT molecular complexity index is 1830. The fraction of sp³-hybridized carbons (Fsp3) is 0.100. The van der Waals surface area contributed by atoms with Crippen LogP contribution in [0, 0.1) is 6.92 Å². The van der Waals surface area contributed by atoms with Gasteiger partial charge in [0.05, 0.1) is 25.5 Å². The van der Waals surface area contributed by atoms with E-state index in [2.05, 4.69) is 10.2 Å². The van der Waals surface area contributed by atoms with Gasteiger partial charge in [-0.1, -0.05) is 42.5 Å². The van der Waals surface area contributed by atoms with Crippen LogP contribution in [0.5, 0.6) is 11.5 Å². The molecule has 9 nitrogen and oxygen atoms in total. The lowest BCUT2D eigenvalue weighted by molar-refractivity contribution is 0.0600. The van der Waals surface area contributed by atoms with Crippen molar-refractivity contribution in [3.05, 3.63) is 107 Å². The van der Waals surface area contributed by atoms with Gasteiger partial charge in [-0.05, 0) is 60.5 Å². The Morgan fingerprint density at radius 2 is 1.52 bits per heavy atom. The molecule has 0 spiro atoms. The van der Waals surface area contributed by atoms with E-state index >= 15 is 0 Å². The quantitative estimate of drug-likeness (QED) is 0.141. The van der Waals surface area contributed by atoms with Gasteiger partial charge in [-0.15, -0.1) is 10.2 Å². The van der Waals surface area contributed by atoms with Crippen molar-refractivity contribution in [3.8, 4) is 17.2 Å². The second-order valence-electron chi connectivity index (χ2n) is 8.82. The summed E-state index contributed by atoms with van der Waals surface area (Å²) >= 11 is 0. The van der Waals surface area contributed by atoms with E-state index in [0.29, 0.717) is 33.6 Å². The van der Waals surface area contributed by atoms with Crippen molar-refractivity contribution in [3.63, 3.8) is 0 Å². The summed E-state index contributed by atoms with van der Waals surface area (Å²) in [4.78, 5) is 13.2. The monoisotopic (exact) mass is 555 g/mol. The second kappa shape index (κ2) is 11.0. The van der Waals surface area contributed by atoms with Crippen LogP contribution in [0.15, 0.2) is 89.8 Å². The number of aromatic nitrogens is 3. The number of carbonyl (C=O) groups is 1. The van der Waals surface area contributed by atoms with E-state index in [-0.39, 0.29) is 10.6 Å². The van der Waals surface area contributed by atoms with Crippen LogP contribution in [0.1, 0.15) is 27.0 Å². The molecule has 0 saturated carbocycles. The van der Waals surface area contributed by atoms with Crippen LogP contribution in [0.25, 0.3) is 28.9 Å². The van der Waals surface area contributed by atoms with Gasteiger partial charge >= 0.3 is 16.1 Å². The number of aryl methyl sites for hydroxylation is 1. The highest BCUT2D eigenvalue weighted by atomic mass is 32.2. The number of benzene rings is 4. The number of esters is 1. The molecule has 0 aliphatic heterocycles. The number of hydrogen-bond donors (Lipinski definition) is 0. The normalized spacial score (nSPS) is 11.6. The topological polar surface area (TPSA) is 110 Å². The van der Waals surface area contributed by atoms with Gasteiger partial charge in [0.25, 0.3) is 0 Å². The Kier molecular flexibility index (Phi) is 7.35. The van der Waals surface area contributed by atoms with Crippen LogP contribution >= 0.6 is 0 Å². The van der Waals surface area contributed by atoms with Crippen LogP contribution in [-0.2, 0) is 14.9 Å². The Hall–Kier alpha value is -4.96. The first kappa shape index (κ1) is 26.6. The van der Waals surface area contributed by atoms with Crippen LogP contribution in [0.4, 0.5) is 0 Å². The second-order valence-corrected chi connectivity index (χ2v) is 10.4. The Morgan fingerprint density at radius 1 is 0.825 bits per heavy atom. The molecule has 5 aromatic rings. The van der Waals surface area contributed by atoms with E-state index in [0.717, 1.165) is 11.1 Å². The zero-order valence-electron chi connectivity index (χ0n) is 21.9. The molecule has 4 aromatic carbocycles. The van der Waals surface area contributed by atoms with Gasteiger partial charge in [-0.25, -0.2) is 4.79 Å². The summed E-state index contributed by atoms with van der Waals surface area (Å²) < 4.78 is 42.0. The minimum absolute atomic E-state index is 0.0271. The molecule has 40 heavy (non-hydrogen) atoms. The maximum atomic E-state index is 13.1. The summed E-state index contributed by atoms with van der Waals surface area (Å²) in [6.07, 6.45) is 3.52. The lowest BCUT2D eigenvalue weighted by Crippen LogP contribution is -2.11. The summed E-state index contributed by atoms with van der Waals surface area (Å²) in [7, 11) is -1.21. The first-order chi connectivity index (χ1) is 19.3. The van der Waals surface area contributed by atoms with E-state index < -0.39 is 16.1 Å². The number of nitrogens with zero attached hydrogens (tertiary/aromatic N) is 3. The van der Waals surface area contributed by atoms with Crippen molar-refractivity contribution in [1.82, 2.24) is 15.0 Å². The van der Waals surface area contributed by atoms with Gasteiger partial charge < -0.3 is 13.7 Å². The predicted octanol–water partition coefficient (Wildman–Crippen LogP) is 5.46. The van der Waals surface area contributed by atoms with E-state index in [1.54, 1.807) is 86.0 Å². The van der Waals surface area contributed by atoms with Gasteiger partial charge in [-0.3, -0.25) is 0 Å². The van der Waals surface area contributed by atoms with Gasteiger partial charge in [0.15, 0.2) is 5.75 Å². The van der Waals surface area contributed by atoms with Crippen LogP contribution in [0.3, 0.4) is 0 Å². The lowest BCUT2D eigenvalue weighted by atomic mass is 10.1. The van der Waals surface area contributed by atoms with E-state index in [1.807, 2.05) is 13.0 Å². The first-order valence-corrected chi connectivity index (χ1v) is 13.6. The Morgan fingerprint density at radius 3 is 2.20 bits per heavy atom. The van der Waals surface area contributed by atoms with E-state index in [9.17, 15) is 13.2 Å². The fourth-order valence-corrected chi connectivity index (χ4v) is 5.00. The predicted molar refractivity (Wildman–Crippen MR) is 151 cm³/mol. The molecular formula is C30H25N3O6S. The summed E-state index contributed by atoms with van der Waals surface area (Å²) in [5.74, 6) is 0.359. The Balaban J connectivity index is 1.54. The molecule has 5 rings (SSSR count). The van der Waals surface area contributed by atoms with Crippen LogP contribution in [-0.4, -0.2) is 43.6 Å². The molecule has 1 heterocycles. The minimum atomic E-state index is -4.13. The Labute approximate surface area is 231 Å². The van der Waals surface area contributed by atoms with Crippen molar-refractivity contribution in [1.29, 1.82) is 0 Å². The average molecular weight is 556 g/mol. The summed E-state index contributed by atoms with van der Waals surface area (Å²) in [6, 6.07) is 23.5. The largest absolute Gasteiger partial charge is 0.496 e. The lowest BCUT2D eigenvalue weighted by Gasteiger charge is -2.11. The third kappa shape index (κ3) is 5.57. The molecule has 0 bridgehead atoms. The van der Waals surface area contributed by atoms with Crippen molar-refractivity contribution in [2.24, 2.45) is 0 Å². The van der Waals surface area contributed by atoms with Crippen LogP contribution < -0.4 is 8.92 Å².